The SMILES string of the molecule is CS(=O)(=O)c1ccc(-n2nncc2CN)cc1. The van der Waals surface area contributed by atoms with Crippen LogP contribution in [-0.2, 0) is 16.4 Å². The van der Waals surface area contributed by atoms with Crippen LogP contribution in [0.1, 0.15) is 5.69 Å². The van der Waals surface area contributed by atoms with E-state index in [1.807, 2.05) is 0 Å². The standard InChI is InChI=1S/C10H12N4O2S/c1-17(15,16)10-4-2-8(3-5-10)14-9(6-11)7-12-13-14/h2-5,7H,6,11H2,1H3. The Morgan fingerprint density at radius 1 is 1.29 bits per heavy atom. The quantitative estimate of drug-likeness (QED) is 0.838. The molecule has 0 atom stereocenters. The fraction of sp³-hybridized carbons (Fsp3) is 0.200. The molecular weight excluding hydrogens is 240 g/mol. The van der Waals surface area contributed by atoms with Crippen molar-refractivity contribution in [3.8, 4) is 5.69 Å². The molecule has 17 heavy (non-hydrogen) atoms. The smallest absolute Gasteiger partial charge is 0.175 e. The van der Waals surface area contributed by atoms with Crippen LogP contribution in [0.3, 0.4) is 0 Å². The maximum absolute atomic E-state index is 11.3. The van der Waals surface area contributed by atoms with Crippen molar-refractivity contribution in [2.75, 3.05) is 6.26 Å². The molecule has 2 aromatic rings. The zero-order valence-corrected chi connectivity index (χ0v) is 10.1. The van der Waals surface area contributed by atoms with E-state index in [0.29, 0.717) is 6.54 Å². The second kappa shape index (κ2) is 4.27. The minimum absolute atomic E-state index is 0.274. The first kappa shape index (κ1) is 11.7. The molecule has 7 heteroatoms. The van der Waals surface area contributed by atoms with Crippen molar-refractivity contribution in [2.45, 2.75) is 11.4 Å². The molecule has 0 bridgehead atoms. The number of rotatable bonds is 3. The van der Waals surface area contributed by atoms with Crippen molar-refractivity contribution in [3.05, 3.63) is 36.2 Å². The molecule has 0 unspecified atom stereocenters. The Balaban J connectivity index is 2.43. The molecule has 0 saturated heterocycles. The van der Waals surface area contributed by atoms with Gasteiger partial charge in [-0.3, -0.25) is 0 Å². The Morgan fingerprint density at radius 2 is 1.94 bits per heavy atom. The van der Waals surface area contributed by atoms with Crippen LogP contribution in [0.25, 0.3) is 5.69 Å². The molecule has 1 aromatic carbocycles. The summed E-state index contributed by atoms with van der Waals surface area (Å²) in [4.78, 5) is 0.274. The first-order valence-corrected chi connectivity index (χ1v) is 6.81. The molecule has 0 spiro atoms. The second-order valence-corrected chi connectivity index (χ2v) is 5.62. The summed E-state index contributed by atoms with van der Waals surface area (Å²) >= 11 is 0. The third-order valence-corrected chi connectivity index (χ3v) is 3.47. The second-order valence-electron chi connectivity index (χ2n) is 3.61. The molecule has 0 saturated carbocycles. The Labute approximate surface area is 99.0 Å². The normalized spacial score (nSPS) is 11.6. The number of hydrogen-bond acceptors (Lipinski definition) is 5. The zero-order valence-electron chi connectivity index (χ0n) is 9.24. The summed E-state index contributed by atoms with van der Waals surface area (Å²) in [5.41, 5.74) is 7.03. The van der Waals surface area contributed by atoms with E-state index in [-0.39, 0.29) is 4.90 Å². The van der Waals surface area contributed by atoms with Gasteiger partial charge in [-0.25, -0.2) is 13.1 Å². The number of sulfone groups is 1. The van der Waals surface area contributed by atoms with E-state index in [9.17, 15) is 8.42 Å². The average Bonchev–Trinajstić information content (AvgIpc) is 2.76. The van der Waals surface area contributed by atoms with E-state index in [1.165, 1.54) is 18.4 Å². The van der Waals surface area contributed by atoms with Crippen LogP contribution in [0.2, 0.25) is 0 Å². The van der Waals surface area contributed by atoms with Gasteiger partial charge in [0.2, 0.25) is 0 Å². The molecule has 2 rings (SSSR count). The first-order chi connectivity index (χ1) is 8.02. The molecule has 0 aliphatic carbocycles. The maximum Gasteiger partial charge on any atom is 0.175 e. The Bertz CT molecular complexity index is 616. The van der Waals surface area contributed by atoms with Crippen molar-refractivity contribution in [3.63, 3.8) is 0 Å². The highest BCUT2D eigenvalue weighted by molar-refractivity contribution is 7.90. The Kier molecular flexibility index (Phi) is 2.95. The molecule has 0 radical (unpaired) electrons. The maximum atomic E-state index is 11.3. The number of nitrogens with two attached hydrogens (primary N) is 1. The van der Waals surface area contributed by atoms with Crippen LogP contribution in [0.4, 0.5) is 0 Å². The van der Waals surface area contributed by atoms with Gasteiger partial charge in [0.1, 0.15) is 0 Å². The van der Waals surface area contributed by atoms with E-state index in [4.69, 9.17) is 5.73 Å². The summed E-state index contributed by atoms with van der Waals surface area (Å²) in [7, 11) is -3.17. The lowest BCUT2D eigenvalue weighted by Crippen LogP contribution is -2.07. The van der Waals surface area contributed by atoms with E-state index in [2.05, 4.69) is 10.3 Å². The summed E-state index contributed by atoms with van der Waals surface area (Å²) in [5, 5.41) is 7.64. The number of nitrogens with zero attached hydrogens (tertiary/aromatic N) is 3. The van der Waals surface area contributed by atoms with Crippen molar-refractivity contribution in [1.82, 2.24) is 15.0 Å². The molecule has 1 heterocycles. The van der Waals surface area contributed by atoms with Gasteiger partial charge in [-0.1, -0.05) is 5.21 Å². The molecule has 6 nitrogen and oxygen atoms in total. The highest BCUT2D eigenvalue weighted by atomic mass is 32.2. The molecule has 1 aromatic heterocycles. The highest BCUT2D eigenvalue weighted by Crippen LogP contribution is 2.14. The van der Waals surface area contributed by atoms with Crippen LogP contribution in [0, 0.1) is 0 Å². The van der Waals surface area contributed by atoms with Gasteiger partial charge >= 0.3 is 0 Å². The lowest BCUT2D eigenvalue weighted by molar-refractivity contribution is 0.602. The minimum atomic E-state index is -3.17. The van der Waals surface area contributed by atoms with E-state index < -0.39 is 9.84 Å². The van der Waals surface area contributed by atoms with Gasteiger partial charge in [-0.15, -0.1) is 5.10 Å². The summed E-state index contributed by atoms with van der Waals surface area (Å²) in [6.07, 6.45) is 2.74. The number of aromatic nitrogens is 3. The molecular formula is C10H12N4O2S. The van der Waals surface area contributed by atoms with Crippen LogP contribution < -0.4 is 5.73 Å². The third-order valence-electron chi connectivity index (χ3n) is 2.34. The first-order valence-electron chi connectivity index (χ1n) is 4.92. The fourth-order valence-electron chi connectivity index (χ4n) is 1.45. The van der Waals surface area contributed by atoms with Gasteiger partial charge in [-0.05, 0) is 24.3 Å². The van der Waals surface area contributed by atoms with E-state index >= 15 is 0 Å². The van der Waals surface area contributed by atoms with Gasteiger partial charge in [0.25, 0.3) is 0 Å². The Hall–Kier alpha value is -1.73. The lowest BCUT2D eigenvalue weighted by atomic mass is 10.3. The van der Waals surface area contributed by atoms with Gasteiger partial charge in [-0.2, -0.15) is 0 Å². The summed E-state index contributed by atoms with van der Waals surface area (Å²) in [6, 6.07) is 6.41. The van der Waals surface area contributed by atoms with Gasteiger partial charge < -0.3 is 5.73 Å². The lowest BCUT2D eigenvalue weighted by Gasteiger charge is -2.05. The highest BCUT2D eigenvalue weighted by Gasteiger charge is 2.08. The molecule has 0 fully saturated rings. The fourth-order valence-corrected chi connectivity index (χ4v) is 2.08. The topological polar surface area (TPSA) is 90.9 Å². The molecule has 0 aliphatic heterocycles. The molecule has 0 aliphatic rings. The summed E-state index contributed by atoms with van der Waals surface area (Å²) < 4.78 is 24.2. The average molecular weight is 252 g/mol. The van der Waals surface area contributed by atoms with Crippen LogP contribution in [0.5, 0.6) is 0 Å². The van der Waals surface area contributed by atoms with Crippen molar-refractivity contribution in [1.29, 1.82) is 0 Å². The van der Waals surface area contributed by atoms with E-state index in [0.717, 1.165) is 11.4 Å². The van der Waals surface area contributed by atoms with E-state index in [1.54, 1.807) is 23.0 Å². The largest absolute Gasteiger partial charge is 0.325 e. The summed E-state index contributed by atoms with van der Waals surface area (Å²) in [6.45, 7) is 0.320. The zero-order chi connectivity index (χ0) is 12.5. The number of hydrogen-bond donors (Lipinski definition) is 1. The summed E-state index contributed by atoms with van der Waals surface area (Å²) in [5.74, 6) is 0. The molecule has 2 N–H and O–H groups in total. The van der Waals surface area contributed by atoms with Crippen LogP contribution in [-0.4, -0.2) is 29.7 Å². The van der Waals surface area contributed by atoms with Gasteiger partial charge in [0.05, 0.1) is 22.5 Å². The molecule has 90 valence electrons. The van der Waals surface area contributed by atoms with Crippen LogP contribution >= 0.6 is 0 Å². The predicted octanol–water partition coefficient (Wildman–Crippen LogP) is 0.129. The predicted molar refractivity (Wildman–Crippen MR) is 62.4 cm³/mol. The Morgan fingerprint density at radius 3 is 2.47 bits per heavy atom. The number of benzene rings is 1. The van der Waals surface area contributed by atoms with Crippen molar-refractivity contribution in [2.24, 2.45) is 5.73 Å². The van der Waals surface area contributed by atoms with Crippen LogP contribution in [0.15, 0.2) is 35.4 Å². The van der Waals surface area contributed by atoms with Crippen molar-refractivity contribution < 1.29 is 8.42 Å². The monoisotopic (exact) mass is 252 g/mol. The minimum Gasteiger partial charge on any atom is -0.325 e. The van der Waals surface area contributed by atoms with Crippen molar-refractivity contribution >= 4 is 9.84 Å². The molecule has 0 amide bonds. The van der Waals surface area contributed by atoms with Gasteiger partial charge in [0, 0.05) is 12.8 Å². The third kappa shape index (κ3) is 2.34. The van der Waals surface area contributed by atoms with Gasteiger partial charge in [0.15, 0.2) is 9.84 Å².